The van der Waals surface area contributed by atoms with Gasteiger partial charge in [0.2, 0.25) is 0 Å². The summed E-state index contributed by atoms with van der Waals surface area (Å²) in [6, 6.07) is 17.7. The van der Waals surface area contributed by atoms with Crippen molar-refractivity contribution in [3.63, 3.8) is 0 Å². The number of phenols is 1. The highest BCUT2D eigenvalue weighted by Gasteiger charge is 2.16. The van der Waals surface area contributed by atoms with E-state index in [0.29, 0.717) is 5.75 Å². The minimum atomic E-state index is 0.0894. The lowest BCUT2D eigenvalue weighted by Gasteiger charge is -2.07. The Morgan fingerprint density at radius 2 is 1.76 bits per heavy atom. The topological polar surface area (TPSA) is 41.5 Å². The van der Waals surface area contributed by atoms with Gasteiger partial charge in [0, 0.05) is 12.1 Å². The van der Waals surface area contributed by atoms with E-state index >= 15 is 0 Å². The van der Waals surface area contributed by atoms with Crippen molar-refractivity contribution in [3.05, 3.63) is 77.5 Å². The van der Waals surface area contributed by atoms with Crippen LogP contribution in [0, 0.1) is 0 Å². The summed E-state index contributed by atoms with van der Waals surface area (Å²) in [5, 5.41) is 9.46. The van der Waals surface area contributed by atoms with E-state index in [1.54, 1.807) is 12.1 Å². The summed E-state index contributed by atoms with van der Waals surface area (Å²) in [5.74, 6) is 0.319. The van der Waals surface area contributed by atoms with Gasteiger partial charge in [0.05, 0.1) is 0 Å². The predicted octanol–water partition coefficient (Wildman–Crippen LogP) is 3.35. The molecule has 2 aromatic carbocycles. The number of hydrogen-bond acceptors (Lipinski definition) is 3. The van der Waals surface area contributed by atoms with Gasteiger partial charge in [0.25, 0.3) is 0 Å². The van der Waals surface area contributed by atoms with Gasteiger partial charge in [0.1, 0.15) is 11.9 Å². The van der Waals surface area contributed by atoms with Crippen LogP contribution in [-0.2, 0) is 17.7 Å². The van der Waals surface area contributed by atoms with Gasteiger partial charge in [-0.05, 0) is 42.2 Å². The molecule has 3 nitrogen and oxygen atoms in total. The largest absolute Gasteiger partial charge is 0.508 e. The monoisotopic (exact) mass is 281 g/mol. The maximum absolute atomic E-state index is 9.46. The van der Waals surface area contributed by atoms with Crippen molar-refractivity contribution in [2.45, 2.75) is 25.4 Å². The molecule has 0 aromatic heterocycles. The van der Waals surface area contributed by atoms with Gasteiger partial charge in [0.15, 0.2) is 0 Å². The first-order valence-electron chi connectivity index (χ1n) is 7.24. The standard InChI is InChI=1S/C18H19NO2/c20-17-8-4-7-15(11-17)9-10-16-13-18(21-19-16)12-14-5-2-1-3-6-14/h1-8,11,13,18-20H,9-10,12H2. The summed E-state index contributed by atoms with van der Waals surface area (Å²) in [6.45, 7) is 0. The van der Waals surface area contributed by atoms with Gasteiger partial charge in [-0.1, -0.05) is 42.5 Å². The number of hydrogen-bond donors (Lipinski definition) is 2. The van der Waals surface area contributed by atoms with Crippen molar-refractivity contribution in [1.29, 1.82) is 0 Å². The van der Waals surface area contributed by atoms with E-state index in [-0.39, 0.29) is 6.10 Å². The Kier molecular flexibility index (Phi) is 4.22. The minimum Gasteiger partial charge on any atom is -0.508 e. The van der Waals surface area contributed by atoms with E-state index in [2.05, 4.69) is 23.7 Å². The molecule has 0 spiro atoms. The molecule has 1 atom stereocenters. The lowest BCUT2D eigenvalue weighted by molar-refractivity contribution is 0.0418. The SMILES string of the molecule is Oc1cccc(CCC2=CC(Cc3ccccc3)ON2)c1. The van der Waals surface area contributed by atoms with Crippen molar-refractivity contribution < 1.29 is 9.94 Å². The highest BCUT2D eigenvalue weighted by Crippen LogP contribution is 2.18. The molecule has 2 N–H and O–H groups in total. The first kappa shape index (κ1) is 13.7. The number of hydroxylamine groups is 1. The lowest BCUT2D eigenvalue weighted by Crippen LogP contribution is -2.14. The third-order valence-corrected chi connectivity index (χ3v) is 3.60. The van der Waals surface area contributed by atoms with E-state index in [1.807, 2.05) is 30.3 Å². The minimum absolute atomic E-state index is 0.0894. The molecule has 1 unspecified atom stereocenters. The molecule has 1 heterocycles. The van der Waals surface area contributed by atoms with Crippen LogP contribution in [0.4, 0.5) is 0 Å². The zero-order chi connectivity index (χ0) is 14.5. The van der Waals surface area contributed by atoms with Crippen LogP contribution in [0.2, 0.25) is 0 Å². The number of nitrogens with one attached hydrogen (secondary N) is 1. The summed E-state index contributed by atoms with van der Waals surface area (Å²) in [7, 11) is 0. The van der Waals surface area contributed by atoms with Crippen LogP contribution in [0.5, 0.6) is 5.75 Å². The van der Waals surface area contributed by atoms with Crippen LogP contribution < -0.4 is 5.48 Å². The average molecular weight is 281 g/mol. The number of allylic oxidation sites excluding steroid dienone is 1. The molecule has 1 aliphatic rings. The number of aromatic hydroxyl groups is 1. The number of benzene rings is 2. The zero-order valence-corrected chi connectivity index (χ0v) is 11.8. The van der Waals surface area contributed by atoms with Crippen LogP contribution in [0.3, 0.4) is 0 Å². The molecule has 0 fully saturated rings. The highest BCUT2D eigenvalue weighted by atomic mass is 16.7. The van der Waals surface area contributed by atoms with Crippen LogP contribution in [0.15, 0.2) is 66.4 Å². The van der Waals surface area contributed by atoms with Gasteiger partial charge in [-0.3, -0.25) is 10.3 Å². The van der Waals surface area contributed by atoms with Gasteiger partial charge in [-0.2, -0.15) is 0 Å². The predicted molar refractivity (Wildman–Crippen MR) is 82.7 cm³/mol. The highest BCUT2D eigenvalue weighted by molar-refractivity contribution is 5.28. The maximum atomic E-state index is 9.46. The molecule has 0 saturated heterocycles. The number of rotatable bonds is 5. The molecule has 21 heavy (non-hydrogen) atoms. The van der Waals surface area contributed by atoms with Crippen molar-refractivity contribution in [3.8, 4) is 5.75 Å². The van der Waals surface area contributed by atoms with Gasteiger partial charge in [-0.15, -0.1) is 0 Å². The summed E-state index contributed by atoms with van der Waals surface area (Å²) < 4.78 is 0. The second kappa shape index (κ2) is 6.46. The summed E-state index contributed by atoms with van der Waals surface area (Å²) in [4.78, 5) is 5.59. The molecular weight excluding hydrogens is 262 g/mol. The van der Waals surface area contributed by atoms with Crippen molar-refractivity contribution in [2.75, 3.05) is 0 Å². The Labute approximate surface area is 124 Å². The van der Waals surface area contributed by atoms with Crippen molar-refractivity contribution in [1.82, 2.24) is 5.48 Å². The summed E-state index contributed by atoms with van der Waals surface area (Å²) >= 11 is 0. The van der Waals surface area contributed by atoms with E-state index in [9.17, 15) is 5.11 Å². The average Bonchev–Trinajstić information content (AvgIpc) is 2.94. The number of aryl methyl sites for hydroxylation is 1. The molecule has 0 amide bonds. The fourth-order valence-corrected chi connectivity index (χ4v) is 2.52. The molecule has 3 rings (SSSR count). The second-order valence-electron chi connectivity index (χ2n) is 5.31. The Morgan fingerprint density at radius 1 is 0.952 bits per heavy atom. The normalized spacial score (nSPS) is 17.3. The molecule has 1 aliphatic heterocycles. The van der Waals surface area contributed by atoms with Gasteiger partial charge >= 0.3 is 0 Å². The second-order valence-corrected chi connectivity index (χ2v) is 5.31. The molecule has 3 heteroatoms. The van der Waals surface area contributed by atoms with Crippen LogP contribution in [0.1, 0.15) is 17.5 Å². The fourth-order valence-electron chi connectivity index (χ4n) is 2.52. The molecule has 2 aromatic rings. The number of phenolic OH excluding ortho intramolecular Hbond substituents is 1. The van der Waals surface area contributed by atoms with E-state index in [4.69, 9.17) is 4.84 Å². The Morgan fingerprint density at radius 3 is 2.57 bits per heavy atom. The molecular formula is C18H19NO2. The van der Waals surface area contributed by atoms with Gasteiger partial charge < -0.3 is 5.11 Å². The lowest BCUT2D eigenvalue weighted by atomic mass is 10.1. The smallest absolute Gasteiger partial charge is 0.115 e. The van der Waals surface area contributed by atoms with Crippen LogP contribution in [-0.4, -0.2) is 11.2 Å². The van der Waals surface area contributed by atoms with E-state index in [1.165, 1.54) is 5.56 Å². The van der Waals surface area contributed by atoms with Gasteiger partial charge in [-0.25, -0.2) is 0 Å². The molecule has 108 valence electrons. The Balaban J connectivity index is 1.54. The van der Waals surface area contributed by atoms with Crippen molar-refractivity contribution in [2.24, 2.45) is 0 Å². The van der Waals surface area contributed by atoms with Crippen LogP contribution in [0.25, 0.3) is 0 Å². The Hall–Kier alpha value is -2.26. The molecule has 0 radical (unpaired) electrons. The van der Waals surface area contributed by atoms with E-state index < -0.39 is 0 Å². The maximum Gasteiger partial charge on any atom is 0.115 e. The zero-order valence-electron chi connectivity index (χ0n) is 11.8. The summed E-state index contributed by atoms with van der Waals surface area (Å²) in [5.41, 5.74) is 6.52. The van der Waals surface area contributed by atoms with Crippen molar-refractivity contribution >= 4 is 0 Å². The molecule has 0 aliphatic carbocycles. The third kappa shape index (κ3) is 3.86. The van der Waals surface area contributed by atoms with E-state index in [0.717, 1.165) is 30.5 Å². The fraction of sp³-hybridized carbons (Fsp3) is 0.222. The first-order valence-corrected chi connectivity index (χ1v) is 7.24. The molecule has 0 saturated carbocycles. The van der Waals surface area contributed by atoms with Crippen LogP contribution >= 0.6 is 0 Å². The first-order chi connectivity index (χ1) is 10.3. The Bertz CT molecular complexity index is 622. The molecule has 0 bridgehead atoms. The summed E-state index contributed by atoms with van der Waals surface area (Å²) in [6.07, 6.45) is 4.88. The third-order valence-electron chi connectivity index (χ3n) is 3.60. The quantitative estimate of drug-likeness (QED) is 0.883.